The quantitative estimate of drug-likeness (QED) is 0.587. The number of carbonyl (C=O) groups is 1. The topological polar surface area (TPSA) is 60.5 Å². The number of carbonyl (C=O) groups excluding carboxylic acids is 1. The predicted octanol–water partition coefficient (Wildman–Crippen LogP) is 5.17. The summed E-state index contributed by atoms with van der Waals surface area (Å²) in [6.07, 6.45) is -0.541. The molecule has 1 fully saturated rings. The van der Waals surface area contributed by atoms with Crippen LogP contribution < -0.4 is 14.8 Å². The van der Waals surface area contributed by atoms with Gasteiger partial charge in [-0.2, -0.15) is 0 Å². The smallest absolute Gasteiger partial charge is 0.395 e. The highest BCUT2D eigenvalue weighted by molar-refractivity contribution is 7.15. The highest BCUT2D eigenvalue weighted by Crippen LogP contribution is 2.52. The van der Waals surface area contributed by atoms with Gasteiger partial charge in [0, 0.05) is 17.5 Å². The van der Waals surface area contributed by atoms with Crippen LogP contribution in [0.15, 0.2) is 42.6 Å². The molecule has 1 aliphatic heterocycles. The van der Waals surface area contributed by atoms with Gasteiger partial charge in [0.2, 0.25) is 5.91 Å². The van der Waals surface area contributed by atoms with Crippen molar-refractivity contribution in [3.05, 3.63) is 70.0 Å². The van der Waals surface area contributed by atoms with Crippen LogP contribution in [-0.4, -0.2) is 17.2 Å². The lowest BCUT2D eigenvalue weighted by Crippen LogP contribution is -2.27. The summed E-state index contributed by atoms with van der Waals surface area (Å²) in [5.74, 6) is -0.680. The van der Waals surface area contributed by atoms with Crippen molar-refractivity contribution in [1.82, 2.24) is 4.98 Å². The Morgan fingerprint density at radius 2 is 1.94 bits per heavy atom. The van der Waals surface area contributed by atoms with Gasteiger partial charge in [0.25, 0.3) is 0 Å². The van der Waals surface area contributed by atoms with Crippen molar-refractivity contribution in [3.63, 3.8) is 0 Å². The number of halogens is 3. The summed E-state index contributed by atoms with van der Waals surface area (Å²) in [6, 6.07) is 9.48. The second-order valence-electron chi connectivity index (χ2n) is 7.77. The summed E-state index contributed by atoms with van der Waals surface area (Å²) in [5, 5.41) is 3.22. The maximum absolute atomic E-state index is 14.1. The number of aryl methyl sites for hydroxylation is 1. The van der Waals surface area contributed by atoms with Gasteiger partial charge in [-0.25, -0.2) is 9.37 Å². The molecular weight excluding hydrogens is 429 g/mol. The van der Waals surface area contributed by atoms with Crippen molar-refractivity contribution in [2.45, 2.75) is 37.9 Å². The predicted molar refractivity (Wildman–Crippen MR) is 108 cm³/mol. The molecule has 2 heterocycles. The molecule has 1 aliphatic carbocycles. The van der Waals surface area contributed by atoms with E-state index in [1.165, 1.54) is 29.5 Å². The Bertz CT molecular complexity index is 1190. The first-order chi connectivity index (χ1) is 14.7. The third kappa shape index (κ3) is 3.74. The summed E-state index contributed by atoms with van der Waals surface area (Å²) in [5.41, 5.74) is 1.18. The molecule has 0 unspecified atom stereocenters. The van der Waals surface area contributed by atoms with Crippen LogP contribution in [0.1, 0.15) is 34.4 Å². The third-order valence-corrected chi connectivity index (χ3v) is 6.40. The minimum Gasteiger partial charge on any atom is -0.395 e. The number of aromatic nitrogens is 1. The molecular formula is C22H17F3N2O3S. The van der Waals surface area contributed by atoms with Crippen molar-refractivity contribution in [1.29, 1.82) is 0 Å². The molecule has 31 heavy (non-hydrogen) atoms. The van der Waals surface area contributed by atoms with Crippen LogP contribution in [0, 0.1) is 12.7 Å². The number of benzene rings is 2. The standard InChI is InChI=1S/C22H17F3N2O3S/c1-12-2-3-13(16(23)8-12)9-15-11-26-20(31-15)27-19(28)21(6-7-21)14-4-5-17-18(10-14)30-22(24,25)29-17/h2-5,8,10-11H,6-7,9H2,1H3,(H,26,27,28). The first-order valence-electron chi connectivity index (χ1n) is 9.66. The van der Waals surface area contributed by atoms with Gasteiger partial charge in [-0.05, 0) is 54.7 Å². The van der Waals surface area contributed by atoms with Crippen LogP contribution in [0.25, 0.3) is 0 Å². The van der Waals surface area contributed by atoms with Crippen LogP contribution in [0.5, 0.6) is 11.5 Å². The van der Waals surface area contributed by atoms with E-state index in [9.17, 15) is 18.0 Å². The summed E-state index contributed by atoms with van der Waals surface area (Å²) >= 11 is 1.27. The highest BCUT2D eigenvalue weighted by Gasteiger charge is 2.53. The number of nitrogens with zero attached hydrogens (tertiary/aromatic N) is 1. The van der Waals surface area contributed by atoms with E-state index < -0.39 is 11.7 Å². The molecule has 0 radical (unpaired) electrons. The Morgan fingerprint density at radius 3 is 2.68 bits per heavy atom. The van der Waals surface area contributed by atoms with Crippen molar-refractivity contribution < 1.29 is 27.4 Å². The van der Waals surface area contributed by atoms with E-state index in [0.29, 0.717) is 35.5 Å². The van der Waals surface area contributed by atoms with Gasteiger partial charge in [0.1, 0.15) is 5.82 Å². The molecule has 0 atom stereocenters. The molecule has 0 spiro atoms. The zero-order chi connectivity index (χ0) is 21.8. The maximum Gasteiger partial charge on any atom is 0.586 e. The van der Waals surface area contributed by atoms with Crippen LogP contribution in [0.2, 0.25) is 0 Å². The monoisotopic (exact) mass is 446 g/mol. The largest absolute Gasteiger partial charge is 0.586 e. The first kappa shape index (κ1) is 19.9. The Hall–Kier alpha value is -3.07. The molecule has 1 amide bonds. The molecule has 1 aromatic heterocycles. The zero-order valence-corrected chi connectivity index (χ0v) is 17.2. The number of alkyl halides is 2. The minimum atomic E-state index is -3.70. The normalized spacial score (nSPS) is 17.4. The molecule has 2 aliphatic rings. The summed E-state index contributed by atoms with van der Waals surface area (Å²) in [6.45, 7) is 1.83. The van der Waals surface area contributed by atoms with Crippen LogP contribution in [0.3, 0.4) is 0 Å². The second kappa shape index (κ2) is 6.98. The number of amides is 1. The molecule has 2 aromatic carbocycles. The number of hydrogen-bond acceptors (Lipinski definition) is 5. The molecule has 1 saturated carbocycles. The second-order valence-corrected chi connectivity index (χ2v) is 8.88. The van der Waals surface area contributed by atoms with E-state index in [-0.39, 0.29) is 23.2 Å². The van der Waals surface area contributed by atoms with Crippen LogP contribution in [0.4, 0.5) is 18.3 Å². The number of hydrogen-bond donors (Lipinski definition) is 1. The van der Waals surface area contributed by atoms with Crippen LogP contribution >= 0.6 is 11.3 Å². The highest BCUT2D eigenvalue weighted by atomic mass is 32.1. The lowest BCUT2D eigenvalue weighted by atomic mass is 9.94. The number of ether oxygens (including phenoxy) is 2. The molecule has 160 valence electrons. The average Bonchev–Trinajstić information content (AvgIpc) is 3.30. The summed E-state index contributed by atoms with van der Waals surface area (Å²) in [4.78, 5) is 18.0. The lowest BCUT2D eigenvalue weighted by Gasteiger charge is -2.15. The van der Waals surface area contributed by atoms with Gasteiger partial charge in [0.15, 0.2) is 16.6 Å². The molecule has 5 rings (SSSR count). The number of nitrogens with one attached hydrogen (secondary N) is 1. The van der Waals surface area contributed by atoms with Gasteiger partial charge >= 0.3 is 6.29 Å². The molecule has 0 saturated heterocycles. The maximum atomic E-state index is 14.1. The molecule has 5 nitrogen and oxygen atoms in total. The average molecular weight is 446 g/mol. The van der Waals surface area contributed by atoms with E-state index in [4.69, 9.17) is 0 Å². The Kier molecular flexibility index (Phi) is 4.47. The van der Waals surface area contributed by atoms with Crippen LogP contribution in [-0.2, 0) is 16.6 Å². The van der Waals surface area contributed by atoms with E-state index >= 15 is 0 Å². The summed E-state index contributed by atoms with van der Waals surface area (Å²) in [7, 11) is 0. The van der Waals surface area contributed by atoms with E-state index in [2.05, 4.69) is 19.8 Å². The number of anilines is 1. The Morgan fingerprint density at radius 1 is 1.16 bits per heavy atom. The SMILES string of the molecule is Cc1ccc(Cc2cnc(NC(=O)C3(c4ccc5c(c4)OC(F)(F)O5)CC3)s2)c(F)c1. The fourth-order valence-corrected chi connectivity index (χ4v) is 4.50. The van der Waals surface area contributed by atoms with E-state index in [1.807, 2.05) is 13.0 Å². The van der Waals surface area contributed by atoms with Gasteiger partial charge in [-0.1, -0.05) is 18.2 Å². The zero-order valence-electron chi connectivity index (χ0n) is 16.4. The van der Waals surface area contributed by atoms with Crippen molar-refractivity contribution in [2.24, 2.45) is 0 Å². The van der Waals surface area contributed by atoms with Gasteiger partial charge < -0.3 is 14.8 Å². The van der Waals surface area contributed by atoms with Gasteiger partial charge in [-0.3, -0.25) is 4.79 Å². The Balaban J connectivity index is 1.30. The van der Waals surface area contributed by atoms with E-state index in [1.54, 1.807) is 18.3 Å². The van der Waals surface area contributed by atoms with Crippen molar-refractivity contribution in [3.8, 4) is 11.5 Å². The number of thiazole rings is 1. The lowest BCUT2D eigenvalue weighted by molar-refractivity contribution is -0.286. The minimum absolute atomic E-state index is 0.0575. The van der Waals surface area contributed by atoms with Crippen molar-refractivity contribution in [2.75, 3.05) is 5.32 Å². The van der Waals surface area contributed by atoms with Crippen molar-refractivity contribution >= 4 is 22.4 Å². The fraction of sp³-hybridized carbons (Fsp3) is 0.273. The fourth-order valence-electron chi connectivity index (χ4n) is 3.67. The first-order valence-corrected chi connectivity index (χ1v) is 10.5. The Labute approximate surface area is 179 Å². The molecule has 1 N–H and O–H groups in total. The molecule has 0 bridgehead atoms. The molecule has 3 aromatic rings. The number of fused-ring (bicyclic) bond motifs is 1. The third-order valence-electron chi connectivity index (χ3n) is 5.49. The summed E-state index contributed by atoms with van der Waals surface area (Å²) < 4.78 is 49.6. The number of rotatable bonds is 5. The van der Waals surface area contributed by atoms with E-state index in [0.717, 1.165) is 10.4 Å². The van der Waals surface area contributed by atoms with Gasteiger partial charge in [0.05, 0.1) is 5.41 Å². The van der Waals surface area contributed by atoms with Gasteiger partial charge in [-0.15, -0.1) is 20.1 Å². The molecule has 9 heteroatoms.